The summed E-state index contributed by atoms with van der Waals surface area (Å²) in [6.07, 6.45) is -0.361. The van der Waals surface area contributed by atoms with E-state index in [1.165, 1.54) is 14.0 Å². The van der Waals surface area contributed by atoms with E-state index in [1.54, 1.807) is 25.3 Å². The lowest BCUT2D eigenvalue weighted by molar-refractivity contribution is -0.187. The Hall–Kier alpha value is -2.28. The number of carbonyl (C=O) groups is 1. The van der Waals surface area contributed by atoms with Crippen molar-refractivity contribution in [2.24, 2.45) is 5.16 Å². The van der Waals surface area contributed by atoms with E-state index in [0.717, 1.165) is 5.56 Å². The van der Waals surface area contributed by atoms with Crippen molar-refractivity contribution in [2.75, 3.05) is 14.2 Å². The first kappa shape index (κ1) is 16.1. The molecule has 1 aliphatic rings. The highest BCUT2D eigenvalue weighted by Gasteiger charge is 2.31. The third-order valence-corrected chi connectivity index (χ3v) is 3.36. The van der Waals surface area contributed by atoms with Gasteiger partial charge in [-0.2, -0.15) is 0 Å². The minimum Gasteiger partial charge on any atom is -0.493 e. The number of hydrogen-bond acceptors (Lipinski definition) is 7. The molecule has 7 nitrogen and oxygen atoms in total. The number of ether oxygens (including phenoxy) is 4. The molecule has 1 aliphatic heterocycles. The van der Waals surface area contributed by atoms with Crippen LogP contribution in [0.3, 0.4) is 0 Å². The molecule has 0 spiro atoms. The molecule has 0 aromatic heterocycles. The van der Waals surface area contributed by atoms with E-state index in [2.05, 4.69) is 5.16 Å². The van der Waals surface area contributed by atoms with Gasteiger partial charge in [0.1, 0.15) is 6.10 Å². The van der Waals surface area contributed by atoms with Crippen molar-refractivity contribution in [3.63, 3.8) is 0 Å². The Morgan fingerprint density at radius 1 is 1.32 bits per heavy atom. The second kappa shape index (κ2) is 7.13. The summed E-state index contributed by atoms with van der Waals surface area (Å²) < 4.78 is 21.3. The molecular weight excluding hydrogens is 290 g/mol. The van der Waals surface area contributed by atoms with Crippen molar-refractivity contribution in [3.05, 3.63) is 23.8 Å². The molecule has 7 heteroatoms. The fraction of sp³-hybridized carbons (Fsp3) is 0.467. The van der Waals surface area contributed by atoms with Crippen molar-refractivity contribution >= 4 is 11.7 Å². The normalized spacial score (nSPS) is 23.1. The Labute approximate surface area is 128 Å². The number of methoxy groups -OCH3 is 2. The molecule has 1 fully saturated rings. The minimum atomic E-state index is -0.666. The molecule has 0 radical (unpaired) electrons. The molecular formula is C15H19NO6. The van der Waals surface area contributed by atoms with Gasteiger partial charge in [-0.05, 0) is 24.1 Å². The lowest BCUT2D eigenvalue weighted by Crippen LogP contribution is -2.32. The van der Waals surface area contributed by atoms with Gasteiger partial charge >= 0.3 is 5.97 Å². The Morgan fingerprint density at radius 2 is 2.05 bits per heavy atom. The highest BCUT2D eigenvalue weighted by Crippen LogP contribution is 2.35. The second-order valence-electron chi connectivity index (χ2n) is 4.80. The fourth-order valence-electron chi connectivity index (χ4n) is 2.36. The van der Waals surface area contributed by atoms with Gasteiger partial charge in [0.15, 0.2) is 11.5 Å². The van der Waals surface area contributed by atoms with Gasteiger partial charge in [0.25, 0.3) is 0 Å². The van der Waals surface area contributed by atoms with Crippen LogP contribution in [0.1, 0.15) is 31.4 Å². The molecule has 22 heavy (non-hydrogen) atoms. The summed E-state index contributed by atoms with van der Waals surface area (Å²) in [6, 6.07) is 5.26. The molecule has 2 unspecified atom stereocenters. The van der Waals surface area contributed by atoms with Gasteiger partial charge in [0.2, 0.25) is 6.29 Å². The van der Waals surface area contributed by atoms with Gasteiger partial charge < -0.3 is 24.2 Å². The summed E-state index contributed by atoms with van der Waals surface area (Å²) in [5, 5.41) is 12.5. The lowest BCUT2D eigenvalue weighted by Gasteiger charge is -2.30. The van der Waals surface area contributed by atoms with Crippen LogP contribution in [-0.2, 0) is 14.3 Å². The first-order chi connectivity index (χ1) is 10.6. The number of rotatable bonds is 4. The van der Waals surface area contributed by atoms with Crippen molar-refractivity contribution in [3.8, 4) is 11.5 Å². The van der Waals surface area contributed by atoms with Gasteiger partial charge in [0.05, 0.1) is 19.9 Å². The van der Waals surface area contributed by atoms with Crippen LogP contribution in [0.25, 0.3) is 0 Å². The summed E-state index contributed by atoms with van der Waals surface area (Å²) in [7, 11) is 3.08. The first-order valence-corrected chi connectivity index (χ1v) is 6.84. The lowest BCUT2D eigenvalue weighted by atomic mass is 9.98. The highest BCUT2D eigenvalue weighted by atomic mass is 16.7. The molecule has 1 heterocycles. The Kier molecular flexibility index (Phi) is 5.21. The van der Waals surface area contributed by atoms with Crippen LogP contribution < -0.4 is 9.47 Å². The maximum atomic E-state index is 11.1. The Bertz CT molecular complexity index is 571. The molecule has 0 aliphatic carbocycles. The van der Waals surface area contributed by atoms with Crippen molar-refractivity contribution in [1.29, 1.82) is 0 Å². The van der Waals surface area contributed by atoms with Gasteiger partial charge in [-0.1, -0.05) is 11.2 Å². The maximum Gasteiger partial charge on any atom is 0.304 e. The Morgan fingerprint density at radius 3 is 2.64 bits per heavy atom. The highest BCUT2D eigenvalue weighted by molar-refractivity contribution is 5.90. The second-order valence-corrected chi connectivity index (χ2v) is 4.80. The van der Waals surface area contributed by atoms with Crippen LogP contribution in [0.5, 0.6) is 11.5 Å². The molecule has 0 amide bonds. The molecule has 1 N–H and O–H groups in total. The number of benzene rings is 1. The SMILES string of the molecule is COc1ccc(C2OC(OC(C)=O)CC/C2=N\O)cc1OC. The van der Waals surface area contributed by atoms with Crippen LogP contribution in [0, 0.1) is 0 Å². The van der Waals surface area contributed by atoms with E-state index >= 15 is 0 Å². The van der Waals surface area contributed by atoms with Crippen LogP contribution in [-0.4, -0.2) is 37.4 Å². The van der Waals surface area contributed by atoms with Gasteiger partial charge in [-0.15, -0.1) is 0 Å². The zero-order valence-corrected chi connectivity index (χ0v) is 12.7. The largest absolute Gasteiger partial charge is 0.493 e. The van der Waals surface area contributed by atoms with Gasteiger partial charge in [-0.25, -0.2) is 0 Å². The van der Waals surface area contributed by atoms with Crippen molar-refractivity contribution < 1.29 is 28.9 Å². The third kappa shape index (κ3) is 3.48. The Balaban J connectivity index is 2.28. The minimum absolute atomic E-state index is 0.416. The first-order valence-electron chi connectivity index (χ1n) is 6.84. The number of hydrogen-bond donors (Lipinski definition) is 1. The quantitative estimate of drug-likeness (QED) is 0.521. The summed E-state index contributed by atoms with van der Waals surface area (Å²) in [5.74, 6) is 0.706. The molecule has 2 atom stereocenters. The van der Waals surface area contributed by atoms with E-state index in [-0.39, 0.29) is 0 Å². The van der Waals surface area contributed by atoms with Crippen molar-refractivity contribution in [2.45, 2.75) is 32.2 Å². The predicted octanol–water partition coefficient (Wildman–Crippen LogP) is 2.27. The van der Waals surface area contributed by atoms with E-state index < -0.39 is 18.4 Å². The third-order valence-electron chi connectivity index (χ3n) is 3.36. The zero-order chi connectivity index (χ0) is 16.1. The molecule has 1 saturated heterocycles. The molecule has 1 aromatic rings. The smallest absolute Gasteiger partial charge is 0.304 e. The van der Waals surface area contributed by atoms with E-state index in [4.69, 9.17) is 24.2 Å². The van der Waals surface area contributed by atoms with Crippen molar-refractivity contribution in [1.82, 2.24) is 0 Å². The molecule has 2 rings (SSSR count). The van der Waals surface area contributed by atoms with E-state index in [1.807, 2.05) is 0 Å². The average molecular weight is 309 g/mol. The predicted molar refractivity (Wildman–Crippen MR) is 77.4 cm³/mol. The van der Waals surface area contributed by atoms with Crippen LogP contribution in [0.4, 0.5) is 0 Å². The van der Waals surface area contributed by atoms with E-state index in [9.17, 15) is 4.79 Å². The summed E-state index contributed by atoms with van der Waals surface area (Å²) in [4.78, 5) is 11.1. The number of carbonyl (C=O) groups excluding carboxylic acids is 1. The molecule has 0 saturated carbocycles. The van der Waals surface area contributed by atoms with Gasteiger partial charge in [0, 0.05) is 13.3 Å². The molecule has 120 valence electrons. The summed E-state index contributed by atoms with van der Waals surface area (Å²) in [5.41, 5.74) is 1.19. The topological polar surface area (TPSA) is 86.6 Å². The van der Waals surface area contributed by atoms with Crippen LogP contribution in [0.15, 0.2) is 23.4 Å². The molecule has 1 aromatic carbocycles. The van der Waals surface area contributed by atoms with Crippen LogP contribution in [0.2, 0.25) is 0 Å². The maximum absolute atomic E-state index is 11.1. The van der Waals surface area contributed by atoms with Crippen LogP contribution >= 0.6 is 0 Å². The summed E-state index contributed by atoms with van der Waals surface area (Å²) in [6.45, 7) is 1.32. The number of oxime groups is 1. The number of esters is 1. The standard InChI is InChI=1S/C15H19NO6/c1-9(17)21-14-7-5-11(16-18)15(22-14)10-4-6-12(19-2)13(8-10)20-3/h4,6,8,14-15,18H,5,7H2,1-3H3/b16-11+. The van der Waals surface area contributed by atoms with Gasteiger partial charge in [-0.3, -0.25) is 4.79 Å². The average Bonchev–Trinajstić information content (AvgIpc) is 2.53. The number of nitrogens with zero attached hydrogens (tertiary/aromatic N) is 1. The fourth-order valence-corrected chi connectivity index (χ4v) is 2.36. The summed E-state index contributed by atoms with van der Waals surface area (Å²) >= 11 is 0. The van der Waals surface area contributed by atoms with E-state index in [0.29, 0.717) is 30.1 Å². The molecule has 0 bridgehead atoms. The monoisotopic (exact) mass is 309 g/mol. The zero-order valence-electron chi connectivity index (χ0n) is 12.7.